The third-order valence-corrected chi connectivity index (χ3v) is 5.51. The van der Waals surface area contributed by atoms with Gasteiger partial charge in [-0.25, -0.2) is 4.79 Å². The maximum atomic E-state index is 12.5. The van der Waals surface area contributed by atoms with Crippen LogP contribution in [0.15, 0.2) is 24.3 Å². The minimum atomic E-state index is -0.138. The van der Waals surface area contributed by atoms with E-state index in [9.17, 15) is 9.59 Å². The SMILES string of the molecule is CCOC(=O)C1CCN(C(=O)NCC2(c3ccccc3OC)CC2)CC1. The third kappa shape index (κ3) is 3.94. The molecule has 2 fully saturated rings. The molecule has 6 nitrogen and oxygen atoms in total. The molecule has 1 saturated heterocycles. The summed E-state index contributed by atoms with van der Waals surface area (Å²) >= 11 is 0. The topological polar surface area (TPSA) is 67.9 Å². The summed E-state index contributed by atoms with van der Waals surface area (Å²) in [7, 11) is 1.68. The van der Waals surface area contributed by atoms with E-state index in [0.717, 1.165) is 18.6 Å². The van der Waals surface area contributed by atoms with Crippen molar-refractivity contribution in [1.82, 2.24) is 10.2 Å². The van der Waals surface area contributed by atoms with E-state index < -0.39 is 0 Å². The number of rotatable bonds is 6. The van der Waals surface area contributed by atoms with Crippen LogP contribution in [0.3, 0.4) is 0 Å². The van der Waals surface area contributed by atoms with E-state index in [1.165, 1.54) is 5.56 Å². The van der Waals surface area contributed by atoms with Crippen molar-refractivity contribution in [2.45, 2.75) is 38.0 Å². The zero-order valence-electron chi connectivity index (χ0n) is 15.6. The van der Waals surface area contributed by atoms with Gasteiger partial charge in [0.1, 0.15) is 5.75 Å². The maximum Gasteiger partial charge on any atom is 0.317 e. The van der Waals surface area contributed by atoms with Crippen molar-refractivity contribution in [1.29, 1.82) is 0 Å². The highest BCUT2D eigenvalue weighted by molar-refractivity contribution is 5.76. The first kappa shape index (κ1) is 18.5. The Morgan fingerprint density at radius 1 is 1.23 bits per heavy atom. The van der Waals surface area contributed by atoms with Crippen LogP contribution in [0.2, 0.25) is 0 Å². The van der Waals surface area contributed by atoms with Gasteiger partial charge < -0.3 is 19.7 Å². The molecule has 0 atom stereocenters. The lowest BCUT2D eigenvalue weighted by atomic mass is 9.94. The number of carbonyl (C=O) groups is 2. The molecule has 3 rings (SSSR count). The van der Waals surface area contributed by atoms with Crippen molar-refractivity contribution in [3.63, 3.8) is 0 Å². The van der Waals surface area contributed by atoms with Gasteiger partial charge in [0, 0.05) is 30.6 Å². The summed E-state index contributed by atoms with van der Waals surface area (Å²) < 4.78 is 10.6. The molecule has 1 saturated carbocycles. The zero-order valence-corrected chi connectivity index (χ0v) is 15.6. The third-order valence-electron chi connectivity index (χ3n) is 5.51. The largest absolute Gasteiger partial charge is 0.496 e. The van der Waals surface area contributed by atoms with Crippen LogP contribution >= 0.6 is 0 Å². The van der Waals surface area contributed by atoms with Crippen molar-refractivity contribution in [2.75, 3.05) is 33.4 Å². The van der Waals surface area contributed by atoms with Crippen molar-refractivity contribution in [2.24, 2.45) is 5.92 Å². The second-order valence-corrected chi connectivity index (χ2v) is 7.15. The number of esters is 1. The average molecular weight is 360 g/mol. The molecule has 1 aliphatic heterocycles. The first-order valence-corrected chi connectivity index (χ1v) is 9.42. The number of methoxy groups -OCH3 is 1. The summed E-state index contributed by atoms with van der Waals surface area (Å²) in [5, 5.41) is 3.09. The molecule has 0 radical (unpaired) electrons. The van der Waals surface area contributed by atoms with Gasteiger partial charge in [-0.3, -0.25) is 4.79 Å². The van der Waals surface area contributed by atoms with E-state index in [4.69, 9.17) is 9.47 Å². The highest BCUT2D eigenvalue weighted by atomic mass is 16.5. The van der Waals surface area contributed by atoms with Crippen LogP contribution < -0.4 is 10.1 Å². The van der Waals surface area contributed by atoms with Gasteiger partial charge >= 0.3 is 12.0 Å². The standard InChI is InChI=1S/C20H28N2O4/c1-3-26-18(23)15-8-12-22(13-9-15)19(24)21-14-20(10-11-20)16-6-4-5-7-17(16)25-2/h4-7,15H,3,8-14H2,1-2H3,(H,21,24). The van der Waals surface area contributed by atoms with Gasteiger partial charge in [-0.1, -0.05) is 18.2 Å². The molecule has 0 bridgehead atoms. The minimum absolute atomic E-state index is 0.00842. The molecule has 6 heteroatoms. The zero-order chi connectivity index (χ0) is 18.6. The Labute approximate surface area is 154 Å². The number of nitrogens with one attached hydrogen (secondary N) is 1. The Balaban J connectivity index is 1.51. The molecule has 1 heterocycles. The van der Waals surface area contributed by atoms with Crippen molar-refractivity contribution >= 4 is 12.0 Å². The van der Waals surface area contributed by atoms with E-state index >= 15 is 0 Å². The van der Waals surface area contributed by atoms with Crippen LogP contribution in [0.4, 0.5) is 4.79 Å². The fourth-order valence-corrected chi connectivity index (χ4v) is 3.71. The first-order valence-electron chi connectivity index (χ1n) is 9.42. The van der Waals surface area contributed by atoms with Gasteiger partial charge in [-0.2, -0.15) is 0 Å². The number of urea groups is 1. The number of carbonyl (C=O) groups excluding carboxylic acids is 2. The molecule has 0 unspecified atom stereocenters. The molecule has 142 valence electrons. The predicted octanol–water partition coefficient (Wildman–Crippen LogP) is 2.71. The Kier molecular flexibility index (Phi) is 5.69. The lowest BCUT2D eigenvalue weighted by molar-refractivity contribution is -0.149. The number of hydrogen-bond acceptors (Lipinski definition) is 4. The van der Waals surface area contributed by atoms with E-state index in [1.54, 1.807) is 12.0 Å². The Morgan fingerprint density at radius 2 is 1.92 bits per heavy atom. The van der Waals surface area contributed by atoms with Crippen molar-refractivity contribution in [3.8, 4) is 5.75 Å². The minimum Gasteiger partial charge on any atom is -0.496 e. The average Bonchev–Trinajstić information content (AvgIpc) is 3.47. The van der Waals surface area contributed by atoms with Crippen LogP contribution in [0.5, 0.6) is 5.75 Å². The highest BCUT2D eigenvalue weighted by Crippen LogP contribution is 2.50. The lowest BCUT2D eigenvalue weighted by Crippen LogP contribution is -2.47. The number of benzene rings is 1. The summed E-state index contributed by atoms with van der Waals surface area (Å²) in [5.74, 6) is 0.664. The molecule has 1 aromatic rings. The van der Waals surface area contributed by atoms with E-state index in [-0.39, 0.29) is 23.3 Å². The quantitative estimate of drug-likeness (QED) is 0.792. The number of ether oxygens (including phenoxy) is 2. The molecule has 0 spiro atoms. The second kappa shape index (κ2) is 7.98. The van der Waals surface area contributed by atoms with Crippen LogP contribution in [-0.4, -0.2) is 50.3 Å². The number of piperidine rings is 1. The summed E-state index contributed by atoms with van der Waals surface area (Å²) in [6, 6.07) is 7.98. The maximum absolute atomic E-state index is 12.5. The lowest BCUT2D eigenvalue weighted by Gasteiger charge is -2.31. The van der Waals surface area contributed by atoms with E-state index in [1.807, 2.05) is 25.1 Å². The van der Waals surface area contributed by atoms with Gasteiger partial charge in [-0.15, -0.1) is 0 Å². The molecule has 2 amide bonds. The summed E-state index contributed by atoms with van der Waals surface area (Å²) in [6.45, 7) is 4.03. The Bertz CT molecular complexity index is 649. The van der Waals surface area contributed by atoms with Gasteiger partial charge in [0.15, 0.2) is 0 Å². The van der Waals surface area contributed by atoms with Gasteiger partial charge in [0.05, 0.1) is 19.6 Å². The van der Waals surface area contributed by atoms with E-state index in [0.29, 0.717) is 39.1 Å². The number of hydrogen-bond donors (Lipinski definition) is 1. The molecule has 2 aliphatic rings. The fourth-order valence-electron chi connectivity index (χ4n) is 3.71. The smallest absolute Gasteiger partial charge is 0.317 e. The molecule has 0 aromatic heterocycles. The monoisotopic (exact) mass is 360 g/mol. The van der Waals surface area contributed by atoms with Crippen molar-refractivity contribution < 1.29 is 19.1 Å². The number of amides is 2. The molecular weight excluding hydrogens is 332 g/mol. The van der Waals surface area contributed by atoms with E-state index in [2.05, 4.69) is 11.4 Å². The Morgan fingerprint density at radius 3 is 2.54 bits per heavy atom. The van der Waals surface area contributed by atoms with Gasteiger partial charge in [0.25, 0.3) is 0 Å². The van der Waals surface area contributed by atoms with Crippen LogP contribution in [0, 0.1) is 5.92 Å². The van der Waals surface area contributed by atoms with Gasteiger partial charge in [0.2, 0.25) is 0 Å². The molecular formula is C20H28N2O4. The summed E-state index contributed by atoms with van der Waals surface area (Å²) in [4.78, 5) is 26.1. The number of likely N-dealkylation sites (tertiary alicyclic amines) is 1. The van der Waals surface area contributed by atoms with Crippen molar-refractivity contribution in [3.05, 3.63) is 29.8 Å². The second-order valence-electron chi connectivity index (χ2n) is 7.15. The highest BCUT2D eigenvalue weighted by Gasteiger charge is 2.46. The summed E-state index contributed by atoms with van der Waals surface area (Å²) in [5.41, 5.74) is 1.16. The fraction of sp³-hybridized carbons (Fsp3) is 0.600. The normalized spacial score (nSPS) is 18.9. The van der Waals surface area contributed by atoms with Crippen LogP contribution in [-0.2, 0) is 14.9 Å². The van der Waals surface area contributed by atoms with Gasteiger partial charge in [-0.05, 0) is 38.7 Å². The molecule has 1 aromatic carbocycles. The van der Waals surface area contributed by atoms with Crippen LogP contribution in [0.25, 0.3) is 0 Å². The molecule has 26 heavy (non-hydrogen) atoms. The van der Waals surface area contributed by atoms with Crippen LogP contribution in [0.1, 0.15) is 38.2 Å². The first-order chi connectivity index (χ1) is 12.6. The predicted molar refractivity (Wildman–Crippen MR) is 98.2 cm³/mol. The number of nitrogens with zero attached hydrogens (tertiary/aromatic N) is 1. The molecule has 1 N–H and O–H groups in total. The number of para-hydroxylation sites is 1. The molecule has 1 aliphatic carbocycles. The summed E-state index contributed by atoms with van der Waals surface area (Å²) in [6.07, 6.45) is 3.45. The Hall–Kier alpha value is -2.24.